The molecule has 1 unspecified atom stereocenters. The van der Waals surface area contributed by atoms with Crippen LogP contribution in [0.4, 0.5) is 0 Å². The lowest BCUT2D eigenvalue weighted by Crippen LogP contribution is -2.48. The van der Waals surface area contributed by atoms with Gasteiger partial charge in [0.25, 0.3) is 0 Å². The highest BCUT2D eigenvalue weighted by Gasteiger charge is 2.49. The van der Waals surface area contributed by atoms with Gasteiger partial charge in [-0.3, -0.25) is 4.79 Å². The van der Waals surface area contributed by atoms with E-state index in [0.29, 0.717) is 30.6 Å². The van der Waals surface area contributed by atoms with Crippen molar-refractivity contribution in [2.45, 2.75) is 38.6 Å². The second-order valence-electron chi connectivity index (χ2n) is 7.68. The van der Waals surface area contributed by atoms with Gasteiger partial charge in [-0.25, -0.2) is 0 Å². The standard InChI is InChI=1S/C21H32N2O4/c1-15(16-7-8-18(19(12-16)26-3)27-11-10-25-2)23-20(24)21-9-5-4-6-17(21)13-22-14-21/h7-8,12,15,17,22H,4-6,9-11,13-14H2,1-3H3,(H,23,24)/t15?,17-,21+/m0/s1. The van der Waals surface area contributed by atoms with Gasteiger partial charge in [0, 0.05) is 13.7 Å². The first-order valence-corrected chi connectivity index (χ1v) is 9.92. The number of benzene rings is 1. The zero-order valence-corrected chi connectivity index (χ0v) is 16.7. The van der Waals surface area contributed by atoms with E-state index in [2.05, 4.69) is 10.6 Å². The summed E-state index contributed by atoms with van der Waals surface area (Å²) in [7, 11) is 3.27. The predicted molar refractivity (Wildman–Crippen MR) is 104 cm³/mol. The normalized spacial score (nSPS) is 25.5. The van der Waals surface area contributed by atoms with Crippen molar-refractivity contribution in [3.05, 3.63) is 23.8 Å². The van der Waals surface area contributed by atoms with E-state index in [1.807, 2.05) is 25.1 Å². The third-order valence-corrected chi connectivity index (χ3v) is 6.07. The molecule has 2 N–H and O–H groups in total. The van der Waals surface area contributed by atoms with Gasteiger partial charge in [0.05, 0.1) is 25.2 Å². The number of carbonyl (C=O) groups excluding carboxylic acids is 1. The van der Waals surface area contributed by atoms with Crippen molar-refractivity contribution >= 4 is 5.91 Å². The van der Waals surface area contributed by atoms with Gasteiger partial charge < -0.3 is 24.8 Å². The lowest BCUT2D eigenvalue weighted by Gasteiger charge is -2.38. The van der Waals surface area contributed by atoms with Crippen LogP contribution in [-0.2, 0) is 9.53 Å². The van der Waals surface area contributed by atoms with Gasteiger partial charge in [-0.1, -0.05) is 18.9 Å². The second kappa shape index (κ2) is 8.93. The molecule has 2 fully saturated rings. The van der Waals surface area contributed by atoms with Crippen molar-refractivity contribution in [2.24, 2.45) is 11.3 Å². The number of methoxy groups -OCH3 is 2. The molecule has 150 valence electrons. The van der Waals surface area contributed by atoms with Gasteiger partial charge in [0.2, 0.25) is 5.91 Å². The SMILES string of the molecule is COCCOc1ccc(C(C)NC(=O)[C@@]23CCCC[C@H]2CNC3)cc1OC. The minimum Gasteiger partial charge on any atom is -0.493 e. The quantitative estimate of drug-likeness (QED) is 0.683. The molecule has 1 aliphatic heterocycles. The molecule has 6 nitrogen and oxygen atoms in total. The Morgan fingerprint density at radius 2 is 2.15 bits per heavy atom. The molecule has 1 aliphatic carbocycles. The Bertz CT molecular complexity index is 651. The maximum Gasteiger partial charge on any atom is 0.228 e. The summed E-state index contributed by atoms with van der Waals surface area (Å²) in [4.78, 5) is 13.2. The third kappa shape index (κ3) is 4.22. The summed E-state index contributed by atoms with van der Waals surface area (Å²) in [5.41, 5.74) is 0.772. The molecule has 1 saturated carbocycles. The Morgan fingerprint density at radius 3 is 2.93 bits per heavy atom. The molecule has 1 saturated heterocycles. The molecular formula is C21H32N2O4. The highest BCUT2D eigenvalue weighted by Crippen LogP contribution is 2.44. The van der Waals surface area contributed by atoms with E-state index in [0.717, 1.165) is 37.9 Å². The number of carbonyl (C=O) groups is 1. The Hall–Kier alpha value is -1.79. The van der Waals surface area contributed by atoms with Crippen LogP contribution in [0.25, 0.3) is 0 Å². The average Bonchev–Trinajstić information content (AvgIpc) is 3.13. The van der Waals surface area contributed by atoms with E-state index in [-0.39, 0.29) is 17.4 Å². The summed E-state index contributed by atoms with van der Waals surface area (Å²) in [5, 5.41) is 6.70. The summed E-state index contributed by atoms with van der Waals surface area (Å²) in [5.74, 6) is 2.00. The Morgan fingerprint density at radius 1 is 1.30 bits per heavy atom. The van der Waals surface area contributed by atoms with Crippen molar-refractivity contribution < 1.29 is 19.0 Å². The monoisotopic (exact) mass is 376 g/mol. The molecule has 3 rings (SSSR count). The second-order valence-corrected chi connectivity index (χ2v) is 7.68. The van der Waals surface area contributed by atoms with Gasteiger partial charge in [0.1, 0.15) is 6.61 Å². The molecule has 0 spiro atoms. The smallest absolute Gasteiger partial charge is 0.228 e. The maximum absolute atomic E-state index is 13.2. The fourth-order valence-electron chi connectivity index (χ4n) is 4.42. The van der Waals surface area contributed by atoms with Crippen molar-refractivity contribution in [3.63, 3.8) is 0 Å². The fraction of sp³-hybridized carbons (Fsp3) is 0.667. The van der Waals surface area contributed by atoms with Crippen LogP contribution in [0.15, 0.2) is 18.2 Å². The summed E-state index contributed by atoms with van der Waals surface area (Å²) in [6.45, 7) is 4.77. The van der Waals surface area contributed by atoms with Crippen molar-refractivity contribution in [2.75, 3.05) is 40.5 Å². The zero-order chi connectivity index (χ0) is 19.3. The molecule has 0 bridgehead atoms. The van der Waals surface area contributed by atoms with E-state index in [9.17, 15) is 4.79 Å². The van der Waals surface area contributed by atoms with E-state index >= 15 is 0 Å². The van der Waals surface area contributed by atoms with Crippen molar-refractivity contribution in [1.29, 1.82) is 0 Å². The van der Waals surface area contributed by atoms with Gasteiger partial charge >= 0.3 is 0 Å². The lowest BCUT2D eigenvalue weighted by atomic mass is 9.67. The molecule has 1 aromatic carbocycles. The Kier molecular flexibility index (Phi) is 6.60. The number of amides is 1. The molecule has 3 atom stereocenters. The van der Waals surface area contributed by atoms with Gasteiger partial charge in [-0.2, -0.15) is 0 Å². The molecule has 6 heteroatoms. The molecular weight excluding hydrogens is 344 g/mol. The van der Waals surface area contributed by atoms with Crippen LogP contribution < -0.4 is 20.1 Å². The van der Waals surface area contributed by atoms with Crippen LogP contribution in [-0.4, -0.2) is 46.4 Å². The van der Waals surface area contributed by atoms with E-state index in [4.69, 9.17) is 14.2 Å². The largest absolute Gasteiger partial charge is 0.493 e. The lowest BCUT2D eigenvalue weighted by molar-refractivity contribution is -0.134. The highest BCUT2D eigenvalue weighted by molar-refractivity contribution is 5.84. The Labute approximate surface area is 161 Å². The molecule has 1 aromatic rings. The fourth-order valence-corrected chi connectivity index (χ4v) is 4.42. The first-order chi connectivity index (χ1) is 13.1. The first kappa shape index (κ1) is 20.0. The van der Waals surface area contributed by atoms with Crippen LogP contribution in [0.5, 0.6) is 11.5 Å². The number of ether oxygens (including phenoxy) is 3. The van der Waals surface area contributed by atoms with Crippen LogP contribution in [0.3, 0.4) is 0 Å². The Balaban J connectivity index is 1.68. The minimum atomic E-state index is -0.236. The molecule has 1 amide bonds. The third-order valence-electron chi connectivity index (χ3n) is 6.07. The van der Waals surface area contributed by atoms with Crippen LogP contribution >= 0.6 is 0 Å². The summed E-state index contributed by atoms with van der Waals surface area (Å²) < 4.78 is 16.2. The highest BCUT2D eigenvalue weighted by atomic mass is 16.5. The van der Waals surface area contributed by atoms with E-state index in [1.54, 1.807) is 14.2 Å². The van der Waals surface area contributed by atoms with E-state index < -0.39 is 0 Å². The molecule has 0 radical (unpaired) electrons. The summed E-state index contributed by atoms with van der Waals surface area (Å²) >= 11 is 0. The van der Waals surface area contributed by atoms with Gasteiger partial charge in [-0.05, 0) is 49.9 Å². The molecule has 2 aliphatic rings. The van der Waals surface area contributed by atoms with Crippen molar-refractivity contribution in [1.82, 2.24) is 10.6 Å². The average molecular weight is 376 g/mol. The zero-order valence-electron chi connectivity index (χ0n) is 16.7. The molecule has 0 aromatic heterocycles. The number of hydrogen-bond donors (Lipinski definition) is 2. The molecule has 1 heterocycles. The number of fused-ring (bicyclic) bond motifs is 1. The number of hydrogen-bond acceptors (Lipinski definition) is 5. The van der Waals surface area contributed by atoms with Gasteiger partial charge in [-0.15, -0.1) is 0 Å². The topological polar surface area (TPSA) is 68.8 Å². The number of nitrogens with one attached hydrogen (secondary N) is 2. The minimum absolute atomic E-state index is 0.0861. The predicted octanol–water partition coefficient (Wildman–Crippen LogP) is 2.68. The maximum atomic E-state index is 13.2. The van der Waals surface area contributed by atoms with Crippen LogP contribution in [0, 0.1) is 11.3 Å². The first-order valence-electron chi connectivity index (χ1n) is 9.92. The van der Waals surface area contributed by atoms with Crippen molar-refractivity contribution in [3.8, 4) is 11.5 Å². The molecule has 27 heavy (non-hydrogen) atoms. The summed E-state index contributed by atoms with van der Waals surface area (Å²) in [6, 6.07) is 5.73. The van der Waals surface area contributed by atoms with Crippen LogP contribution in [0.2, 0.25) is 0 Å². The van der Waals surface area contributed by atoms with E-state index in [1.165, 1.54) is 6.42 Å². The number of rotatable bonds is 8. The van der Waals surface area contributed by atoms with Crippen LogP contribution in [0.1, 0.15) is 44.2 Å². The summed E-state index contributed by atoms with van der Waals surface area (Å²) in [6.07, 6.45) is 4.51. The van der Waals surface area contributed by atoms with Gasteiger partial charge in [0.15, 0.2) is 11.5 Å².